The second-order valence-electron chi connectivity index (χ2n) is 6.71. The predicted octanol–water partition coefficient (Wildman–Crippen LogP) is 3.30. The van der Waals surface area contributed by atoms with Crippen LogP contribution in [0.25, 0.3) is 10.2 Å². The summed E-state index contributed by atoms with van der Waals surface area (Å²) in [6, 6.07) is 0.305. The molecule has 0 unspecified atom stereocenters. The Hall–Kier alpha value is -1.69. The second kappa shape index (κ2) is 7.47. The number of nitrogens with zero attached hydrogens (tertiary/aromatic N) is 2. The van der Waals surface area contributed by atoms with Crippen LogP contribution in [0.2, 0.25) is 0 Å². The van der Waals surface area contributed by atoms with Crippen LogP contribution in [-0.2, 0) is 11.3 Å². The highest BCUT2D eigenvalue weighted by Gasteiger charge is 2.16. The van der Waals surface area contributed by atoms with Crippen molar-refractivity contribution in [3.8, 4) is 0 Å². The molecule has 130 valence electrons. The number of thiophene rings is 1. The van der Waals surface area contributed by atoms with Crippen LogP contribution in [0.4, 0.5) is 0 Å². The maximum atomic E-state index is 12.6. The Morgan fingerprint density at radius 3 is 2.71 bits per heavy atom. The molecule has 1 amide bonds. The Labute approximate surface area is 146 Å². The molecule has 6 heteroatoms. The van der Waals surface area contributed by atoms with E-state index in [2.05, 4.69) is 10.3 Å². The molecular weight excluding hydrogens is 322 g/mol. The summed E-state index contributed by atoms with van der Waals surface area (Å²) in [5.41, 5.74) is 0.967. The van der Waals surface area contributed by atoms with Crippen molar-refractivity contribution in [2.45, 2.75) is 71.4 Å². The van der Waals surface area contributed by atoms with Crippen LogP contribution >= 0.6 is 11.3 Å². The fourth-order valence-corrected chi connectivity index (χ4v) is 4.36. The van der Waals surface area contributed by atoms with Crippen LogP contribution in [0.5, 0.6) is 0 Å². The van der Waals surface area contributed by atoms with Gasteiger partial charge in [-0.05, 0) is 32.3 Å². The minimum Gasteiger partial charge on any atom is -0.353 e. The van der Waals surface area contributed by atoms with Crippen LogP contribution in [0.15, 0.2) is 11.1 Å². The topological polar surface area (TPSA) is 64.0 Å². The fourth-order valence-electron chi connectivity index (χ4n) is 3.37. The van der Waals surface area contributed by atoms with Crippen molar-refractivity contribution in [2.75, 3.05) is 0 Å². The van der Waals surface area contributed by atoms with Gasteiger partial charge >= 0.3 is 0 Å². The maximum absolute atomic E-state index is 12.6. The second-order valence-corrected chi connectivity index (χ2v) is 7.92. The van der Waals surface area contributed by atoms with Gasteiger partial charge in [-0.25, -0.2) is 4.98 Å². The van der Waals surface area contributed by atoms with Crippen LogP contribution < -0.4 is 10.9 Å². The summed E-state index contributed by atoms with van der Waals surface area (Å²) in [4.78, 5) is 31.1. The molecule has 0 aromatic carbocycles. The smallest absolute Gasteiger partial charge is 0.262 e. The quantitative estimate of drug-likeness (QED) is 0.863. The lowest BCUT2D eigenvalue weighted by molar-refractivity contribution is -0.122. The van der Waals surface area contributed by atoms with E-state index in [1.165, 1.54) is 25.7 Å². The first-order valence-electron chi connectivity index (χ1n) is 8.81. The van der Waals surface area contributed by atoms with Crippen molar-refractivity contribution in [3.63, 3.8) is 0 Å². The first-order valence-corrected chi connectivity index (χ1v) is 9.62. The zero-order chi connectivity index (χ0) is 17.1. The molecule has 0 radical (unpaired) electrons. The third kappa shape index (κ3) is 3.69. The molecule has 0 atom stereocenters. The lowest BCUT2D eigenvalue weighted by Gasteiger charge is -2.16. The number of nitrogens with one attached hydrogen (secondary N) is 1. The molecule has 0 bridgehead atoms. The van der Waals surface area contributed by atoms with Crippen LogP contribution in [0, 0.1) is 13.8 Å². The monoisotopic (exact) mass is 347 g/mol. The standard InChI is InChI=1S/C18H25N3O2S/c1-12-13(2)24-17-16(12)18(23)21(11-19-17)10-9-15(22)20-14-7-5-3-4-6-8-14/h11,14H,3-10H2,1-2H3,(H,20,22). The number of aromatic nitrogens is 2. The Balaban J connectivity index is 1.65. The van der Waals surface area contributed by atoms with Gasteiger partial charge in [-0.1, -0.05) is 25.7 Å². The van der Waals surface area contributed by atoms with E-state index in [9.17, 15) is 9.59 Å². The van der Waals surface area contributed by atoms with Gasteiger partial charge in [0.15, 0.2) is 0 Å². The molecule has 0 saturated heterocycles. The number of fused-ring (bicyclic) bond motifs is 1. The molecule has 1 N–H and O–H groups in total. The summed E-state index contributed by atoms with van der Waals surface area (Å²) in [6.07, 6.45) is 8.98. The highest BCUT2D eigenvalue weighted by Crippen LogP contribution is 2.25. The fraction of sp³-hybridized carbons (Fsp3) is 0.611. The molecule has 0 spiro atoms. The summed E-state index contributed by atoms with van der Waals surface area (Å²) in [6.45, 7) is 4.35. The van der Waals surface area contributed by atoms with Crippen molar-refractivity contribution in [3.05, 3.63) is 27.1 Å². The van der Waals surface area contributed by atoms with Crippen molar-refractivity contribution in [1.29, 1.82) is 0 Å². The van der Waals surface area contributed by atoms with Gasteiger partial charge in [0.2, 0.25) is 5.91 Å². The van der Waals surface area contributed by atoms with Crippen molar-refractivity contribution in [1.82, 2.24) is 14.9 Å². The van der Waals surface area contributed by atoms with Crippen LogP contribution in [0.1, 0.15) is 55.4 Å². The predicted molar refractivity (Wildman–Crippen MR) is 97.6 cm³/mol. The normalized spacial score (nSPS) is 16.2. The molecule has 1 aliphatic carbocycles. The maximum Gasteiger partial charge on any atom is 0.262 e. The summed E-state index contributed by atoms with van der Waals surface area (Å²) in [7, 11) is 0. The first-order chi connectivity index (χ1) is 11.6. The summed E-state index contributed by atoms with van der Waals surface area (Å²) < 4.78 is 1.56. The third-order valence-corrected chi connectivity index (χ3v) is 6.07. The van der Waals surface area contributed by atoms with E-state index >= 15 is 0 Å². The SMILES string of the molecule is Cc1sc2ncn(CCC(=O)NC3CCCCCC3)c(=O)c2c1C. The summed E-state index contributed by atoms with van der Waals surface area (Å²) >= 11 is 1.55. The van der Waals surface area contributed by atoms with Gasteiger partial charge in [-0.2, -0.15) is 0 Å². The van der Waals surface area contributed by atoms with Crippen LogP contribution in [0.3, 0.4) is 0 Å². The number of hydrogen-bond donors (Lipinski definition) is 1. The highest BCUT2D eigenvalue weighted by atomic mass is 32.1. The van der Waals surface area contributed by atoms with Gasteiger partial charge in [0.1, 0.15) is 4.83 Å². The van der Waals surface area contributed by atoms with Gasteiger partial charge in [0.05, 0.1) is 11.7 Å². The zero-order valence-corrected chi connectivity index (χ0v) is 15.2. The Kier molecular flexibility index (Phi) is 5.33. The highest BCUT2D eigenvalue weighted by molar-refractivity contribution is 7.18. The first kappa shape index (κ1) is 17.1. The lowest BCUT2D eigenvalue weighted by Crippen LogP contribution is -2.35. The zero-order valence-electron chi connectivity index (χ0n) is 14.4. The number of rotatable bonds is 4. The molecule has 0 aliphatic heterocycles. The van der Waals surface area contributed by atoms with Gasteiger partial charge in [-0.3, -0.25) is 14.2 Å². The van der Waals surface area contributed by atoms with E-state index in [-0.39, 0.29) is 11.5 Å². The van der Waals surface area contributed by atoms with Crippen molar-refractivity contribution in [2.24, 2.45) is 0 Å². The Morgan fingerprint density at radius 1 is 1.29 bits per heavy atom. The van der Waals surface area contributed by atoms with Crippen molar-refractivity contribution >= 4 is 27.5 Å². The number of hydrogen-bond acceptors (Lipinski definition) is 4. The van der Waals surface area contributed by atoms with E-state index < -0.39 is 0 Å². The van der Waals surface area contributed by atoms with Crippen LogP contribution in [-0.4, -0.2) is 21.5 Å². The van der Waals surface area contributed by atoms with Gasteiger partial charge in [0.25, 0.3) is 5.56 Å². The van der Waals surface area contributed by atoms with E-state index in [4.69, 9.17) is 0 Å². The van der Waals surface area contributed by atoms with E-state index in [0.29, 0.717) is 24.4 Å². The summed E-state index contributed by atoms with van der Waals surface area (Å²) in [5, 5.41) is 3.83. The number of aryl methyl sites for hydroxylation is 3. The van der Waals surface area contributed by atoms with E-state index in [1.807, 2.05) is 13.8 Å². The van der Waals surface area contributed by atoms with E-state index in [1.54, 1.807) is 22.2 Å². The molecule has 2 aromatic rings. The number of carbonyl (C=O) groups excluding carboxylic acids is 1. The van der Waals surface area contributed by atoms with Gasteiger partial charge in [0, 0.05) is 23.9 Å². The Bertz CT molecular complexity index is 785. The number of amides is 1. The molecule has 1 fully saturated rings. The molecule has 5 nitrogen and oxygen atoms in total. The minimum atomic E-state index is -0.0379. The molecule has 3 rings (SSSR count). The summed E-state index contributed by atoms with van der Waals surface area (Å²) in [5.74, 6) is 0.0344. The molecular formula is C18H25N3O2S. The molecule has 2 aromatic heterocycles. The largest absolute Gasteiger partial charge is 0.353 e. The van der Waals surface area contributed by atoms with Gasteiger partial charge in [-0.15, -0.1) is 11.3 Å². The Morgan fingerprint density at radius 2 is 2.00 bits per heavy atom. The molecule has 24 heavy (non-hydrogen) atoms. The average molecular weight is 347 g/mol. The molecule has 1 aliphatic rings. The third-order valence-electron chi connectivity index (χ3n) is 4.96. The molecule has 1 saturated carbocycles. The van der Waals surface area contributed by atoms with E-state index in [0.717, 1.165) is 28.1 Å². The average Bonchev–Trinajstić information content (AvgIpc) is 2.73. The minimum absolute atomic E-state index is 0.0344. The van der Waals surface area contributed by atoms with Gasteiger partial charge < -0.3 is 5.32 Å². The number of carbonyl (C=O) groups is 1. The van der Waals surface area contributed by atoms with Crippen molar-refractivity contribution < 1.29 is 4.79 Å². The molecule has 2 heterocycles. The lowest BCUT2D eigenvalue weighted by atomic mass is 10.1.